The summed E-state index contributed by atoms with van der Waals surface area (Å²) in [7, 11) is -3.89. The molecule has 0 aliphatic heterocycles. The maximum atomic E-state index is 13.0. The van der Waals surface area contributed by atoms with Gasteiger partial charge in [-0.3, -0.25) is 9.52 Å². The quantitative estimate of drug-likeness (QED) is 0.325. The number of sulfonamides is 1. The van der Waals surface area contributed by atoms with Crippen molar-refractivity contribution < 1.29 is 17.7 Å². The van der Waals surface area contributed by atoms with Crippen molar-refractivity contribution in [2.45, 2.75) is 30.7 Å². The molecule has 36 heavy (non-hydrogen) atoms. The number of carbonyl (C=O) groups excluding carboxylic acids is 1. The highest BCUT2D eigenvalue weighted by Gasteiger charge is 2.44. The lowest BCUT2D eigenvalue weighted by atomic mass is 10.1. The van der Waals surface area contributed by atoms with Gasteiger partial charge in [-0.05, 0) is 54.8 Å². The molecule has 0 radical (unpaired) electrons. The summed E-state index contributed by atoms with van der Waals surface area (Å²) < 4.78 is 33.9. The molecule has 1 fully saturated rings. The molecule has 1 amide bonds. The molecular weight excluding hydrogens is 478 g/mol. The van der Waals surface area contributed by atoms with E-state index in [2.05, 4.69) is 20.2 Å². The second-order valence-corrected chi connectivity index (χ2v) is 10.8. The summed E-state index contributed by atoms with van der Waals surface area (Å²) in [6, 6.07) is 21.5. The number of rotatable bonds is 8. The van der Waals surface area contributed by atoms with Crippen LogP contribution in [0.25, 0.3) is 11.4 Å². The van der Waals surface area contributed by atoms with E-state index < -0.39 is 16.1 Å². The van der Waals surface area contributed by atoms with Crippen LogP contribution in [0.4, 0.5) is 11.4 Å². The number of anilines is 2. The summed E-state index contributed by atoms with van der Waals surface area (Å²) in [6.07, 6.45) is 1.75. The Balaban J connectivity index is 1.30. The summed E-state index contributed by atoms with van der Waals surface area (Å²) >= 11 is 0. The Bertz CT molecular complexity index is 1500. The van der Waals surface area contributed by atoms with E-state index in [9.17, 15) is 13.2 Å². The van der Waals surface area contributed by atoms with Crippen LogP contribution in [-0.2, 0) is 14.8 Å². The van der Waals surface area contributed by atoms with E-state index in [-0.39, 0.29) is 27.9 Å². The average molecular weight is 504 g/mol. The van der Waals surface area contributed by atoms with Crippen LogP contribution < -0.4 is 15.8 Å². The van der Waals surface area contributed by atoms with Gasteiger partial charge >= 0.3 is 0 Å². The summed E-state index contributed by atoms with van der Waals surface area (Å²) in [5.74, 6) is 0.435. The number of amides is 1. The first-order valence-corrected chi connectivity index (χ1v) is 12.9. The minimum absolute atomic E-state index is 0.0259. The summed E-state index contributed by atoms with van der Waals surface area (Å²) in [4.78, 5) is 16.6. The van der Waals surface area contributed by atoms with Crippen molar-refractivity contribution in [3.05, 3.63) is 90.3 Å². The molecule has 1 saturated carbocycles. The Morgan fingerprint density at radius 2 is 1.69 bits per heavy atom. The van der Waals surface area contributed by atoms with Gasteiger partial charge in [0.1, 0.15) is 6.04 Å². The van der Waals surface area contributed by atoms with Gasteiger partial charge in [-0.25, -0.2) is 8.42 Å². The van der Waals surface area contributed by atoms with Crippen LogP contribution >= 0.6 is 0 Å². The number of nitrogens with zero attached hydrogens (tertiary/aromatic N) is 2. The normalized spacial score (nSPS) is 15.2. The van der Waals surface area contributed by atoms with Crippen LogP contribution in [-0.4, -0.2) is 24.5 Å². The molecule has 10 heteroatoms. The van der Waals surface area contributed by atoms with E-state index in [0.717, 1.165) is 18.4 Å². The average Bonchev–Trinajstić information content (AvgIpc) is 3.45. The first-order valence-electron chi connectivity index (χ1n) is 11.4. The lowest BCUT2D eigenvalue weighted by Crippen LogP contribution is -2.21. The number of aromatic nitrogens is 2. The number of nitrogens with one attached hydrogen (secondary N) is 2. The van der Waals surface area contributed by atoms with Crippen LogP contribution in [0.1, 0.15) is 37.3 Å². The fraction of sp³-hybridized carbons (Fsp3) is 0.192. The zero-order chi connectivity index (χ0) is 25.3. The Morgan fingerprint density at radius 1 is 1.00 bits per heavy atom. The third-order valence-corrected chi connectivity index (χ3v) is 7.59. The van der Waals surface area contributed by atoms with Gasteiger partial charge in [0.05, 0.1) is 4.90 Å². The first-order chi connectivity index (χ1) is 17.2. The van der Waals surface area contributed by atoms with E-state index in [1.54, 1.807) is 36.4 Å². The number of carbonyl (C=O) groups is 1. The lowest BCUT2D eigenvalue weighted by molar-refractivity contribution is -0.120. The molecule has 1 aliphatic carbocycles. The third kappa shape index (κ3) is 5.00. The van der Waals surface area contributed by atoms with Crippen molar-refractivity contribution in [2.75, 3.05) is 10.0 Å². The van der Waals surface area contributed by atoms with Crippen molar-refractivity contribution in [3.63, 3.8) is 0 Å². The van der Waals surface area contributed by atoms with Gasteiger partial charge in [-0.2, -0.15) is 4.98 Å². The van der Waals surface area contributed by atoms with E-state index in [1.807, 2.05) is 37.3 Å². The molecule has 184 valence electrons. The van der Waals surface area contributed by atoms with Gasteiger partial charge in [0.2, 0.25) is 17.6 Å². The molecule has 5 rings (SSSR count). The first kappa shape index (κ1) is 23.7. The summed E-state index contributed by atoms with van der Waals surface area (Å²) in [5, 5.41) is 6.84. The molecule has 0 spiro atoms. The molecule has 0 saturated heterocycles. The van der Waals surface area contributed by atoms with E-state index in [1.165, 1.54) is 12.1 Å². The van der Waals surface area contributed by atoms with Crippen molar-refractivity contribution in [2.24, 2.45) is 11.1 Å². The molecule has 1 unspecified atom stereocenters. The Morgan fingerprint density at radius 3 is 2.39 bits per heavy atom. The second-order valence-electron chi connectivity index (χ2n) is 9.07. The Kier molecular flexibility index (Phi) is 6.07. The Labute approximate surface area is 208 Å². The van der Waals surface area contributed by atoms with Crippen molar-refractivity contribution in [1.82, 2.24) is 10.1 Å². The Hall–Kier alpha value is -4.02. The van der Waals surface area contributed by atoms with E-state index >= 15 is 0 Å². The van der Waals surface area contributed by atoms with Gasteiger partial charge in [-0.1, -0.05) is 54.5 Å². The van der Waals surface area contributed by atoms with Gasteiger partial charge in [0.25, 0.3) is 10.0 Å². The molecular formula is C26H25N5O4S. The largest absolute Gasteiger partial charge is 0.337 e. The number of hydrogen-bond donors (Lipinski definition) is 3. The molecule has 1 atom stereocenters. The fourth-order valence-electron chi connectivity index (χ4n) is 3.62. The highest BCUT2D eigenvalue weighted by atomic mass is 32.2. The van der Waals surface area contributed by atoms with E-state index in [4.69, 9.17) is 10.3 Å². The smallest absolute Gasteiger partial charge is 0.261 e. The SMILES string of the molecule is CC1(C(=O)Nc2ccc(NS(=O)(=O)c3cccc(-c4noc(C(N)c5ccccc5)n4)c3)cc2)CC1. The molecule has 1 aromatic heterocycles. The van der Waals surface area contributed by atoms with Crippen LogP contribution in [0.5, 0.6) is 0 Å². The predicted molar refractivity (Wildman–Crippen MR) is 135 cm³/mol. The topological polar surface area (TPSA) is 140 Å². The maximum Gasteiger partial charge on any atom is 0.261 e. The standard InChI is InChI=1S/C26H25N5O4S/c1-26(14-15-26)25(32)28-19-10-12-20(13-11-19)31-36(33,34)21-9-5-8-18(16-21)23-29-24(35-30-23)22(27)17-6-3-2-4-7-17/h2-13,16,22,31H,14-15,27H2,1H3,(H,28,32). The molecule has 1 heterocycles. The van der Waals surface area contributed by atoms with Crippen LogP contribution in [0, 0.1) is 5.41 Å². The molecule has 3 aromatic carbocycles. The van der Waals surface area contributed by atoms with Gasteiger partial charge in [0.15, 0.2) is 0 Å². The van der Waals surface area contributed by atoms with Crippen LogP contribution in [0.15, 0.2) is 88.3 Å². The zero-order valence-electron chi connectivity index (χ0n) is 19.5. The lowest BCUT2D eigenvalue weighted by Gasteiger charge is -2.12. The predicted octanol–water partition coefficient (Wildman–Crippen LogP) is 4.32. The van der Waals surface area contributed by atoms with Crippen molar-refractivity contribution in [1.29, 1.82) is 0 Å². The van der Waals surface area contributed by atoms with Gasteiger partial charge in [-0.15, -0.1) is 0 Å². The molecule has 1 aliphatic rings. The van der Waals surface area contributed by atoms with Crippen molar-refractivity contribution in [3.8, 4) is 11.4 Å². The molecule has 0 bridgehead atoms. The zero-order valence-corrected chi connectivity index (χ0v) is 20.3. The minimum atomic E-state index is -3.89. The second kappa shape index (κ2) is 9.21. The number of benzene rings is 3. The van der Waals surface area contributed by atoms with Gasteiger partial charge in [0, 0.05) is 22.4 Å². The third-order valence-electron chi connectivity index (χ3n) is 6.21. The van der Waals surface area contributed by atoms with Crippen molar-refractivity contribution >= 4 is 27.3 Å². The fourth-order valence-corrected chi connectivity index (χ4v) is 4.72. The highest BCUT2D eigenvalue weighted by molar-refractivity contribution is 7.92. The molecule has 9 nitrogen and oxygen atoms in total. The van der Waals surface area contributed by atoms with E-state index in [0.29, 0.717) is 16.9 Å². The molecule has 4 aromatic rings. The van der Waals surface area contributed by atoms with Crippen LogP contribution in [0.3, 0.4) is 0 Å². The molecule has 4 N–H and O–H groups in total. The minimum Gasteiger partial charge on any atom is -0.337 e. The highest BCUT2D eigenvalue weighted by Crippen LogP contribution is 2.45. The maximum absolute atomic E-state index is 13.0. The number of hydrogen-bond acceptors (Lipinski definition) is 7. The summed E-state index contributed by atoms with van der Waals surface area (Å²) in [5.41, 5.74) is 8.20. The van der Waals surface area contributed by atoms with Crippen LogP contribution in [0.2, 0.25) is 0 Å². The number of nitrogens with two attached hydrogens (primary N) is 1. The van der Waals surface area contributed by atoms with Gasteiger partial charge < -0.3 is 15.6 Å². The summed E-state index contributed by atoms with van der Waals surface area (Å²) in [6.45, 7) is 1.92. The monoisotopic (exact) mass is 503 g/mol.